The van der Waals surface area contributed by atoms with E-state index < -0.39 is 0 Å². The number of carbonyl (C=O) groups is 1. The number of aromatic nitrogens is 2. The smallest absolute Gasteiger partial charge is 0.254 e. The number of halogens is 1. The molecule has 2 heterocycles. The second kappa shape index (κ2) is 6.33. The van der Waals surface area contributed by atoms with E-state index in [1.54, 1.807) is 40.9 Å². The Balaban J connectivity index is 2.18. The van der Waals surface area contributed by atoms with Crippen molar-refractivity contribution < 1.29 is 4.79 Å². The van der Waals surface area contributed by atoms with E-state index in [0.717, 1.165) is 22.7 Å². The van der Waals surface area contributed by atoms with Gasteiger partial charge in [0.25, 0.3) is 5.91 Å². The van der Waals surface area contributed by atoms with Gasteiger partial charge in [0.2, 0.25) is 0 Å². The van der Waals surface area contributed by atoms with Gasteiger partial charge in [0.05, 0.1) is 17.7 Å². The predicted molar refractivity (Wildman–Crippen MR) is 81.3 cm³/mol. The van der Waals surface area contributed by atoms with Crippen molar-refractivity contribution in [2.45, 2.75) is 26.8 Å². The summed E-state index contributed by atoms with van der Waals surface area (Å²) in [5, 5.41) is 0.357. The lowest BCUT2D eigenvalue weighted by molar-refractivity contribution is 0.0786. The van der Waals surface area contributed by atoms with E-state index >= 15 is 0 Å². The molecule has 0 aliphatic rings. The maximum atomic E-state index is 12.4. The number of carbonyl (C=O) groups excluding carboxylic acids is 1. The van der Waals surface area contributed by atoms with Crippen molar-refractivity contribution in [3.8, 4) is 0 Å². The van der Waals surface area contributed by atoms with Gasteiger partial charge < -0.3 is 4.90 Å². The van der Waals surface area contributed by atoms with E-state index in [9.17, 15) is 4.79 Å². The summed E-state index contributed by atoms with van der Waals surface area (Å²) in [6.07, 6.45) is 0.749. The van der Waals surface area contributed by atoms with Crippen LogP contribution in [-0.2, 0) is 13.0 Å². The maximum Gasteiger partial charge on any atom is 0.254 e. The molecule has 0 saturated carbocycles. The van der Waals surface area contributed by atoms with Gasteiger partial charge in [-0.3, -0.25) is 4.79 Å². The Kier molecular flexibility index (Phi) is 4.73. The molecule has 106 valence electrons. The van der Waals surface area contributed by atoms with Crippen molar-refractivity contribution in [3.63, 3.8) is 0 Å². The zero-order chi connectivity index (χ0) is 14.7. The Morgan fingerprint density at radius 3 is 2.80 bits per heavy atom. The minimum absolute atomic E-state index is 0.0585. The fourth-order valence-corrected chi connectivity index (χ4v) is 2.90. The van der Waals surface area contributed by atoms with Crippen molar-refractivity contribution in [3.05, 3.63) is 44.6 Å². The number of nitrogens with zero attached hydrogens (tertiary/aromatic N) is 3. The van der Waals surface area contributed by atoms with Gasteiger partial charge in [-0.2, -0.15) is 0 Å². The van der Waals surface area contributed by atoms with Crippen molar-refractivity contribution in [1.29, 1.82) is 0 Å². The van der Waals surface area contributed by atoms with Crippen LogP contribution < -0.4 is 0 Å². The molecule has 0 N–H and O–H groups in total. The summed E-state index contributed by atoms with van der Waals surface area (Å²) >= 11 is 7.51. The average molecular weight is 310 g/mol. The zero-order valence-electron chi connectivity index (χ0n) is 11.7. The normalized spacial score (nSPS) is 10.6. The summed E-state index contributed by atoms with van der Waals surface area (Å²) in [7, 11) is 1.78. The van der Waals surface area contributed by atoms with E-state index in [2.05, 4.69) is 9.97 Å². The molecule has 0 bridgehead atoms. The van der Waals surface area contributed by atoms with Crippen LogP contribution in [0.3, 0.4) is 0 Å². The number of rotatable bonds is 4. The van der Waals surface area contributed by atoms with Gasteiger partial charge in [-0.25, -0.2) is 9.97 Å². The zero-order valence-corrected chi connectivity index (χ0v) is 13.3. The first-order valence-electron chi connectivity index (χ1n) is 6.32. The molecular weight excluding hydrogens is 294 g/mol. The third kappa shape index (κ3) is 3.35. The molecule has 0 aromatic carbocycles. The monoisotopic (exact) mass is 309 g/mol. The van der Waals surface area contributed by atoms with Gasteiger partial charge in [0, 0.05) is 23.2 Å². The quantitative estimate of drug-likeness (QED) is 0.814. The topological polar surface area (TPSA) is 46.1 Å². The van der Waals surface area contributed by atoms with Crippen LogP contribution in [0.1, 0.15) is 33.5 Å². The summed E-state index contributed by atoms with van der Waals surface area (Å²) in [4.78, 5) is 23.6. The molecule has 1 amide bonds. The maximum absolute atomic E-state index is 12.4. The van der Waals surface area contributed by atoms with Crippen LogP contribution in [0, 0.1) is 6.92 Å². The summed E-state index contributed by atoms with van der Waals surface area (Å²) in [5.74, 6) is -0.0585. The first-order chi connectivity index (χ1) is 9.51. The molecular formula is C14H16ClN3OS. The highest BCUT2D eigenvalue weighted by atomic mass is 35.5. The molecule has 20 heavy (non-hydrogen) atoms. The molecule has 0 fully saturated rings. The van der Waals surface area contributed by atoms with Crippen LogP contribution in [0.2, 0.25) is 5.15 Å². The Morgan fingerprint density at radius 1 is 1.45 bits per heavy atom. The van der Waals surface area contributed by atoms with E-state index in [0.29, 0.717) is 17.3 Å². The van der Waals surface area contributed by atoms with Crippen molar-refractivity contribution >= 4 is 28.8 Å². The third-order valence-corrected chi connectivity index (χ3v) is 4.14. The number of aryl methyl sites for hydroxylation is 2. The standard InChI is InChI=1S/C14H16ClN3OS/c1-4-11-5-10(6-13(15)17-11)14(19)18(3)7-12-9(2)16-8-20-12/h5-6,8H,4,7H2,1-3H3. The second-order valence-electron chi connectivity index (χ2n) is 4.55. The average Bonchev–Trinajstić information content (AvgIpc) is 2.82. The molecule has 0 radical (unpaired) electrons. The molecule has 2 aromatic heterocycles. The van der Waals surface area contributed by atoms with Crippen LogP contribution >= 0.6 is 22.9 Å². The Morgan fingerprint density at radius 2 is 2.20 bits per heavy atom. The number of pyridine rings is 1. The van der Waals surface area contributed by atoms with Crippen LogP contribution in [0.4, 0.5) is 0 Å². The second-order valence-corrected chi connectivity index (χ2v) is 5.87. The number of thiazole rings is 1. The van der Waals surface area contributed by atoms with Crippen molar-refractivity contribution in [2.75, 3.05) is 7.05 Å². The molecule has 0 saturated heterocycles. The van der Waals surface area contributed by atoms with Crippen LogP contribution in [0.25, 0.3) is 0 Å². The molecule has 0 aliphatic heterocycles. The lowest BCUT2D eigenvalue weighted by atomic mass is 10.2. The minimum Gasteiger partial charge on any atom is -0.336 e. The molecule has 6 heteroatoms. The highest BCUT2D eigenvalue weighted by molar-refractivity contribution is 7.09. The van der Waals surface area contributed by atoms with E-state index in [1.807, 2.05) is 13.8 Å². The van der Waals surface area contributed by atoms with Gasteiger partial charge in [-0.05, 0) is 25.5 Å². The molecule has 2 rings (SSSR count). The van der Waals surface area contributed by atoms with Crippen LogP contribution in [0.5, 0.6) is 0 Å². The van der Waals surface area contributed by atoms with Crippen molar-refractivity contribution in [1.82, 2.24) is 14.9 Å². The fourth-order valence-electron chi connectivity index (χ4n) is 1.84. The number of amides is 1. The predicted octanol–water partition coefficient (Wildman–Crippen LogP) is 3.33. The van der Waals surface area contributed by atoms with Crippen molar-refractivity contribution in [2.24, 2.45) is 0 Å². The molecule has 0 spiro atoms. The molecule has 4 nitrogen and oxygen atoms in total. The summed E-state index contributed by atoms with van der Waals surface area (Å²) in [6, 6.07) is 3.41. The first-order valence-corrected chi connectivity index (χ1v) is 7.58. The number of hydrogen-bond acceptors (Lipinski definition) is 4. The lowest BCUT2D eigenvalue weighted by Crippen LogP contribution is -2.26. The fraction of sp³-hybridized carbons (Fsp3) is 0.357. The van der Waals surface area contributed by atoms with Gasteiger partial charge in [-0.15, -0.1) is 11.3 Å². The van der Waals surface area contributed by atoms with Gasteiger partial charge in [0.15, 0.2) is 0 Å². The van der Waals surface area contributed by atoms with E-state index in [4.69, 9.17) is 11.6 Å². The molecule has 0 aliphatic carbocycles. The molecule has 2 aromatic rings. The highest BCUT2D eigenvalue weighted by Crippen LogP contribution is 2.17. The first kappa shape index (κ1) is 14.9. The Labute approximate surface area is 127 Å². The van der Waals surface area contributed by atoms with Gasteiger partial charge >= 0.3 is 0 Å². The lowest BCUT2D eigenvalue weighted by Gasteiger charge is -2.17. The highest BCUT2D eigenvalue weighted by Gasteiger charge is 2.15. The Bertz CT molecular complexity index is 627. The van der Waals surface area contributed by atoms with Crippen LogP contribution in [-0.4, -0.2) is 27.8 Å². The van der Waals surface area contributed by atoms with E-state index in [1.165, 1.54) is 0 Å². The third-order valence-electron chi connectivity index (χ3n) is 3.03. The van der Waals surface area contributed by atoms with Crippen LogP contribution in [0.15, 0.2) is 17.6 Å². The minimum atomic E-state index is -0.0585. The summed E-state index contributed by atoms with van der Waals surface area (Å²) < 4.78 is 0. The summed E-state index contributed by atoms with van der Waals surface area (Å²) in [5.41, 5.74) is 4.16. The van der Waals surface area contributed by atoms with Gasteiger partial charge in [-0.1, -0.05) is 18.5 Å². The number of hydrogen-bond donors (Lipinski definition) is 0. The SMILES string of the molecule is CCc1cc(C(=O)N(C)Cc2scnc2C)cc(Cl)n1. The largest absolute Gasteiger partial charge is 0.336 e. The molecule has 0 atom stereocenters. The Hall–Kier alpha value is -1.46. The molecule has 0 unspecified atom stereocenters. The van der Waals surface area contributed by atoms with E-state index in [-0.39, 0.29) is 5.91 Å². The van der Waals surface area contributed by atoms with Gasteiger partial charge in [0.1, 0.15) is 5.15 Å². The summed E-state index contributed by atoms with van der Waals surface area (Å²) in [6.45, 7) is 4.48.